The summed E-state index contributed by atoms with van der Waals surface area (Å²) in [7, 11) is 1.36. The zero-order valence-electron chi connectivity index (χ0n) is 17.6. The maximum absolute atomic E-state index is 13.5. The fraction of sp³-hybridized carbons (Fsp3) is 0.318. The number of fused-ring (bicyclic) bond motifs is 2. The van der Waals surface area contributed by atoms with Crippen LogP contribution in [-0.4, -0.2) is 40.8 Å². The van der Waals surface area contributed by atoms with Gasteiger partial charge in [0.1, 0.15) is 17.3 Å². The molecule has 10 nitrogen and oxygen atoms in total. The molecule has 10 heteroatoms. The molecule has 2 aromatic carbocycles. The lowest BCUT2D eigenvalue weighted by Crippen LogP contribution is -2.49. The first-order chi connectivity index (χ1) is 15.3. The highest BCUT2D eigenvalue weighted by Crippen LogP contribution is 2.40. The summed E-state index contributed by atoms with van der Waals surface area (Å²) in [6.45, 7) is 1.43. The van der Waals surface area contributed by atoms with Gasteiger partial charge in [-0.2, -0.15) is 0 Å². The number of nitro groups is 1. The second-order valence-corrected chi connectivity index (χ2v) is 7.83. The monoisotopic (exact) mass is 438 g/mol. The summed E-state index contributed by atoms with van der Waals surface area (Å²) in [4.78, 5) is 50.7. The van der Waals surface area contributed by atoms with Crippen molar-refractivity contribution in [3.05, 3.63) is 63.7 Å². The van der Waals surface area contributed by atoms with E-state index >= 15 is 0 Å². The molecule has 2 atom stereocenters. The molecule has 166 valence electrons. The van der Waals surface area contributed by atoms with E-state index in [4.69, 9.17) is 4.74 Å². The molecule has 32 heavy (non-hydrogen) atoms. The van der Waals surface area contributed by atoms with Gasteiger partial charge in [-0.15, -0.1) is 0 Å². The van der Waals surface area contributed by atoms with Gasteiger partial charge in [0.25, 0.3) is 11.6 Å². The molecule has 2 aromatic rings. The molecule has 0 bridgehead atoms. The standard InChI is InChI=1S/C22H22N4O6/c1-13(19(27)23-17-12-15(26(30)31)9-10-18(17)32-2)25-20(28)22(24-21(25)29)11-5-7-14-6-3-4-8-16(14)22/h3-4,6,8-10,12-13H,5,7,11H2,1-2H3,(H,23,27)(H,24,29)/t13-,22+/m0/s1. The Balaban J connectivity index is 1.61. The number of hydrogen-bond donors (Lipinski definition) is 2. The van der Waals surface area contributed by atoms with E-state index in [9.17, 15) is 24.5 Å². The lowest BCUT2D eigenvalue weighted by Gasteiger charge is -2.33. The van der Waals surface area contributed by atoms with Crippen LogP contribution in [0.5, 0.6) is 5.75 Å². The number of ether oxygens (including phenoxy) is 1. The van der Waals surface area contributed by atoms with Crippen molar-refractivity contribution >= 4 is 29.2 Å². The van der Waals surface area contributed by atoms with E-state index in [0.717, 1.165) is 34.9 Å². The molecule has 1 aliphatic heterocycles. The third kappa shape index (κ3) is 3.33. The lowest BCUT2D eigenvalue weighted by atomic mass is 9.76. The van der Waals surface area contributed by atoms with Crippen molar-refractivity contribution in [3.8, 4) is 5.75 Å². The maximum atomic E-state index is 13.5. The number of nitrogens with one attached hydrogen (secondary N) is 2. The Kier molecular flexibility index (Phi) is 5.29. The Bertz CT molecular complexity index is 1130. The highest BCUT2D eigenvalue weighted by molar-refractivity contribution is 6.11. The zero-order valence-corrected chi connectivity index (χ0v) is 17.6. The van der Waals surface area contributed by atoms with Crippen LogP contribution in [0.3, 0.4) is 0 Å². The molecule has 2 aliphatic rings. The largest absolute Gasteiger partial charge is 0.495 e. The third-order valence-electron chi connectivity index (χ3n) is 6.02. The number of amides is 4. The van der Waals surface area contributed by atoms with E-state index in [1.807, 2.05) is 24.3 Å². The Morgan fingerprint density at radius 3 is 2.75 bits per heavy atom. The molecule has 0 saturated carbocycles. The van der Waals surface area contributed by atoms with Crippen molar-refractivity contribution in [2.24, 2.45) is 0 Å². The molecular formula is C22H22N4O6. The highest BCUT2D eigenvalue weighted by atomic mass is 16.6. The van der Waals surface area contributed by atoms with Crippen LogP contribution < -0.4 is 15.4 Å². The van der Waals surface area contributed by atoms with Crippen LogP contribution in [0.25, 0.3) is 0 Å². The number of methoxy groups -OCH3 is 1. The van der Waals surface area contributed by atoms with E-state index < -0.39 is 34.3 Å². The smallest absolute Gasteiger partial charge is 0.326 e. The van der Waals surface area contributed by atoms with E-state index in [1.54, 1.807) is 0 Å². The number of urea groups is 1. The number of nitrogens with zero attached hydrogens (tertiary/aromatic N) is 2. The van der Waals surface area contributed by atoms with Crippen LogP contribution >= 0.6 is 0 Å². The molecule has 0 aromatic heterocycles. The van der Waals surface area contributed by atoms with Crippen molar-refractivity contribution in [2.45, 2.75) is 37.8 Å². The third-order valence-corrected chi connectivity index (χ3v) is 6.02. The lowest BCUT2D eigenvalue weighted by molar-refractivity contribution is -0.384. The topological polar surface area (TPSA) is 131 Å². The fourth-order valence-corrected chi connectivity index (χ4v) is 4.39. The highest BCUT2D eigenvalue weighted by Gasteiger charge is 2.55. The van der Waals surface area contributed by atoms with Crippen molar-refractivity contribution in [1.29, 1.82) is 0 Å². The van der Waals surface area contributed by atoms with Crippen LogP contribution in [0.4, 0.5) is 16.2 Å². The van der Waals surface area contributed by atoms with Gasteiger partial charge in [0.15, 0.2) is 0 Å². The van der Waals surface area contributed by atoms with Gasteiger partial charge in [0.2, 0.25) is 5.91 Å². The number of carbonyl (C=O) groups is 3. The predicted molar refractivity (Wildman–Crippen MR) is 114 cm³/mol. The van der Waals surface area contributed by atoms with Crippen LogP contribution in [0.1, 0.15) is 30.9 Å². The first kappa shape index (κ1) is 21.3. The molecule has 1 saturated heterocycles. The second-order valence-electron chi connectivity index (χ2n) is 7.83. The number of rotatable bonds is 5. The number of non-ortho nitro benzene ring substituents is 1. The van der Waals surface area contributed by atoms with Crippen LogP contribution in [0.2, 0.25) is 0 Å². The summed E-state index contributed by atoms with van der Waals surface area (Å²) in [5.41, 5.74) is 0.390. The molecule has 0 unspecified atom stereocenters. The predicted octanol–water partition coefficient (Wildman–Crippen LogP) is 2.71. The number of nitro benzene ring substituents is 1. The minimum atomic E-state index is -1.19. The van der Waals surface area contributed by atoms with Crippen LogP contribution in [0, 0.1) is 10.1 Å². The number of benzene rings is 2. The fourth-order valence-electron chi connectivity index (χ4n) is 4.39. The molecule has 1 fully saturated rings. The molecule has 0 radical (unpaired) electrons. The summed E-state index contributed by atoms with van der Waals surface area (Å²) in [6, 6.07) is 9.43. The molecule has 1 spiro atoms. The second kappa shape index (κ2) is 7.95. The number of carbonyl (C=O) groups excluding carboxylic acids is 3. The van der Waals surface area contributed by atoms with Gasteiger partial charge >= 0.3 is 6.03 Å². The molecule has 4 amide bonds. The van der Waals surface area contributed by atoms with Crippen LogP contribution in [-0.2, 0) is 21.5 Å². The number of imide groups is 1. The van der Waals surface area contributed by atoms with Gasteiger partial charge in [-0.05, 0) is 43.4 Å². The summed E-state index contributed by atoms with van der Waals surface area (Å²) in [6.07, 6.45) is 1.98. The van der Waals surface area contributed by atoms with E-state index in [-0.39, 0.29) is 17.1 Å². The first-order valence-corrected chi connectivity index (χ1v) is 10.2. The molecule has 1 aliphatic carbocycles. The Morgan fingerprint density at radius 2 is 2.03 bits per heavy atom. The zero-order chi connectivity index (χ0) is 23.0. The molecule has 2 N–H and O–H groups in total. The Morgan fingerprint density at radius 1 is 1.28 bits per heavy atom. The van der Waals surface area contributed by atoms with E-state index in [0.29, 0.717) is 6.42 Å². The SMILES string of the molecule is COc1ccc([N+](=O)[O-])cc1NC(=O)[C@H](C)N1C(=O)N[C@@]2(CCCc3ccccc32)C1=O. The maximum Gasteiger partial charge on any atom is 0.326 e. The minimum absolute atomic E-state index is 0.0725. The summed E-state index contributed by atoms with van der Waals surface area (Å²) < 4.78 is 5.16. The molecular weight excluding hydrogens is 416 g/mol. The first-order valence-electron chi connectivity index (χ1n) is 10.2. The van der Waals surface area contributed by atoms with Gasteiger partial charge in [0, 0.05) is 12.1 Å². The number of hydrogen-bond acceptors (Lipinski definition) is 6. The molecule has 1 heterocycles. The van der Waals surface area contributed by atoms with Gasteiger partial charge < -0.3 is 15.4 Å². The average molecular weight is 438 g/mol. The average Bonchev–Trinajstić information content (AvgIpc) is 3.03. The van der Waals surface area contributed by atoms with Gasteiger partial charge in [0.05, 0.1) is 17.7 Å². The minimum Gasteiger partial charge on any atom is -0.495 e. The van der Waals surface area contributed by atoms with Crippen molar-refractivity contribution in [3.63, 3.8) is 0 Å². The van der Waals surface area contributed by atoms with Crippen molar-refractivity contribution in [2.75, 3.05) is 12.4 Å². The van der Waals surface area contributed by atoms with Gasteiger partial charge in [-0.1, -0.05) is 24.3 Å². The number of aryl methyl sites for hydroxylation is 1. The Hall–Kier alpha value is -3.95. The normalized spacial score (nSPS) is 20.5. The van der Waals surface area contributed by atoms with Crippen molar-refractivity contribution in [1.82, 2.24) is 10.2 Å². The van der Waals surface area contributed by atoms with Gasteiger partial charge in [-0.25, -0.2) is 9.69 Å². The number of anilines is 1. The van der Waals surface area contributed by atoms with E-state index in [1.165, 1.54) is 26.2 Å². The van der Waals surface area contributed by atoms with E-state index in [2.05, 4.69) is 10.6 Å². The quantitative estimate of drug-likeness (QED) is 0.419. The summed E-state index contributed by atoms with van der Waals surface area (Å²) in [5.74, 6) is -0.942. The molecule has 4 rings (SSSR count). The summed E-state index contributed by atoms with van der Waals surface area (Å²) >= 11 is 0. The Labute approximate surface area is 183 Å². The van der Waals surface area contributed by atoms with Gasteiger partial charge in [-0.3, -0.25) is 19.7 Å². The van der Waals surface area contributed by atoms with Crippen molar-refractivity contribution < 1.29 is 24.0 Å². The summed E-state index contributed by atoms with van der Waals surface area (Å²) in [5, 5.41) is 16.4. The van der Waals surface area contributed by atoms with Crippen LogP contribution in [0.15, 0.2) is 42.5 Å².